The highest BCUT2D eigenvalue weighted by Crippen LogP contribution is 2.26. The molecule has 1 N–H and O–H groups in total. The van der Waals surface area contributed by atoms with E-state index in [0.29, 0.717) is 25.0 Å². The average molecular weight is 252 g/mol. The van der Waals surface area contributed by atoms with Crippen molar-refractivity contribution >= 4 is 0 Å². The van der Waals surface area contributed by atoms with Crippen LogP contribution in [0.2, 0.25) is 0 Å². The molecule has 5 heteroatoms. The molecule has 1 aliphatic carbocycles. The topological polar surface area (TPSA) is 15.3 Å². The Balaban J connectivity index is 2.48. The van der Waals surface area contributed by atoms with Gasteiger partial charge in [-0.25, -0.2) is 0 Å². The number of rotatable bonds is 5. The van der Waals surface area contributed by atoms with Crippen LogP contribution in [0.3, 0.4) is 0 Å². The van der Waals surface area contributed by atoms with Crippen molar-refractivity contribution in [3.63, 3.8) is 0 Å². The van der Waals surface area contributed by atoms with Gasteiger partial charge in [-0.15, -0.1) is 0 Å². The van der Waals surface area contributed by atoms with Gasteiger partial charge < -0.3 is 5.32 Å². The molecule has 0 spiro atoms. The van der Waals surface area contributed by atoms with Crippen LogP contribution in [0.1, 0.15) is 32.6 Å². The minimum atomic E-state index is -4.08. The molecule has 0 heterocycles. The summed E-state index contributed by atoms with van der Waals surface area (Å²) in [5.41, 5.74) is 0. The third-order valence-corrected chi connectivity index (χ3v) is 3.62. The first-order chi connectivity index (χ1) is 7.96. The Morgan fingerprint density at radius 3 is 2.41 bits per heavy atom. The van der Waals surface area contributed by atoms with Crippen LogP contribution >= 0.6 is 0 Å². The highest BCUT2D eigenvalue weighted by atomic mass is 19.4. The molecule has 1 rings (SSSR count). The summed E-state index contributed by atoms with van der Waals surface area (Å²) in [5.74, 6) is 0.357. The standard InChI is InChI=1S/C12H23F3N2/c1-3-17(9-12(13,14)15)8-10-6-4-5-7-11(10)16-2/h10-11,16H,3-9H2,1-2H3. The molecule has 1 aliphatic rings. The van der Waals surface area contributed by atoms with Gasteiger partial charge in [-0.05, 0) is 32.4 Å². The first-order valence-corrected chi connectivity index (χ1v) is 6.42. The molecule has 2 nitrogen and oxygen atoms in total. The van der Waals surface area contributed by atoms with E-state index in [9.17, 15) is 13.2 Å². The van der Waals surface area contributed by atoms with E-state index in [1.807, 2.05) is 7.05 Å². The molecule has 0 aromatic heterocycles. The van der Waals surface area contributed by atoms with Crippen LogP contribution in [0.4, 0.5) is 13.2 Å². The Kier molecular flexibility index (Phi) is 5.73. The van der Waals surface area contributed by atoms with Crippen LogP contribution in [-0.2, 0) is 0 Å². The van der Waals surface area contributed by atoms with Gasteiger partial charge in [-0.2, -0.15) is 13.2 Å². The molecule has 102 valence electrons. The summed E-state index contributed by atoms with van der Waals surface area (Å²) in [5, 5.41) is 3.24. The summed E-state index contributed by atoms with van der Waals surface area (Å²) in [6, 6.07) is 0.381. The molecule has 0 aromatic carbocycles. The van der Waals surface area contributed by atoms with Crippen LogP contribution in [0.5, 0.6) is 0 Å². The molecular weight excluding hydrogens is 229 g/mol. The third-order valence-electron chi connectivity index (χ3n) is 3.62. The van der Waals surface area contributed by atoms with Crippen LogP contribution in [0.15, 0.2) is 0 Å². The third kappa shape index (κ3) is 5.25. The minimum Gasteiger partial charge on any atom is -0.317 e. The number of nitrogens with one attached hydrogen (secondary N) is 1. The molecule has 2 atom stereocenters. The smallest absolute Gasteiger partial charge is 0.317 e. The lowest BCUT2D eigenvalue weighted by Crippen LogP contribution is -2.45. The normalized spacial score (nSPS) is 26.5. The SMILES string of the molecule is CCN(CC1CCCCC1NC)CC(F)(F)F. The van der Waals surface area contributed by atoms with E-state index in [0.717, 1.165) is 19.3 Å². The fourth-order valence-corrected chi connectivity index (χ4v) is 2.70. The zero-order chi connectivity index (χ0) is 12.9. The van der Waals surface area contributed by atoms with E-state index < -0.39 is 12.7 Å². The second-order valence-corrected chi connectivity index (χ2v) is 4.88. The zero-order valence-electron chi connectivity index (χ0n) is 10.7. The van der Waals surface area contributed by atoms with Crippen molar-refractivity contribution in [1.29, 1.82) is 0 Å². The van der Waals surface area contributed by atoms with Gasteiger partial charge >= 0.3 is 6.18 Å². The summed E-state index contributed by atoms with van der Waals surface area (Å²) in [7, 11) is 1.91. The number of hydrogen-bond donors (Lipinski definition) is 1. The summed E-state index contributed by atoms with van der Waals surface area (Å²) in [6.07, 6.45) is 0.379. The molecule has 1 fully saturated rings. The summed E-state index contributed by atoms with van der Waals surface area (Å²) in [6.45, 7) is 2.04. The first kappa shape index (κ1) is 14.8. The lowest BCUT2D eigenvalue weighted by Gasteiger charge is -2.35. The predicted molar refractivity (Wildman–Crippen MR) is 63.0 cm³/mol. The number of nitrogens with zero attached hydrogens (tertiary/aromatic N) is 1. The van der Waals surface area contributed by atoms with Crippen LogP contribution in [0.25, 0.3) is 0 Å². The van der Waals surface area contributed by atoms with Gasteiger partial charge in [0.15, 0.2) is 0 Å². The Hall–Kier alpha value is -0.290. The van der Waals surface area contributed by atoms with Crippen molar-refractivity contribution in [3.8, 4) is 0 Å². The molecule has 0 aliphatic heterocycles. The number of alkyl halides is 3. The van der Waals surface area contributed by atoms with Crippen LogP contribution < -0.4 is 5.32 Å². The summed E-state index contributed by atoms with van der Waals surface area (Å²) < 4.78 is 37.1. The first-order valence-electron chi connectivity index (χ1n) is 6.42. The average Bonchev–Trinajstić information content (AvgIpc) is 2.27. The maximum Gasteiger partial charge on any atom is 0.401 e. The quantitative estimate of drug-likeness (QED) is 0.809. The molecule has 1 saturated carbocycles. The van der Waals surface area contributed by atoms with E-state index in [-0.39, 0.29) is 0 Å². The van der Waals surface area contributed by atoms with E-state index in [2.05, 4.69) is 5.32 Å². The van der Waals surface area contributed by atoms with Crippen molar-refractivity contribution in [2.45, 2.75) is 44.8 Å². The van der Waals surface area contributed by atoms with Gasteiger partial charge in [0, 0.05) is 12.6 Å². The summed E-state index contributed by atoms with van der Waals surface area (Å²) in [4.78, 5) is 1.51. The Morgan fingerprint density at radius 1 is 1.24 bits per heavy atom. The van der Waals surface area contributed by atoms with Gasteiger partial charge in [-0.3, -0.25) is 4.90 Å². The Morgan fingerprint density at radius 2 is 1.88 bits per heavy atom. The van der Waals surface area contributed by atoms with Crippen molar-refractivity contribution in [2.75, 3.05) is 26.7 Å². The molecule has 2 unspecified atom stereocenters. The minimum absolute atomic E-state index is 0.357. The van der Waals surface area contributed by atoms with Crippen molar-refractivity contribution < 1.29 is 13.2 Å². The molecule has 0 aromatic rings. The monoisotopic (exact) mass is 252 g/mol. The van der Waals surface area contributed by atoms with Gasteiger partial charge in [0.05, 0.1) is 6.54 Å². The van der Waals surface area contributed by atoms with E-state index in [4.69, 9.17) is 0 Å². The molecule has 0 amide bonds. The lowest BCUT2D eigenvalue weighted by atomic mass is 9.84. The lowest BCUT2D eigenvalue weighted by molar-refractivity contribution is -0.147. The number of halogens is 3. The number of hydrogen-bond acceptors (Lipinski definition) is 2. The predicted octanol–water partition coefficient (Wildman–Crippen LogP) is 2.65. The Bertz CT molecular complexity index is 218. The van der Waals surface area contributed by atoms with Gasteiger partial charge in [0.1, 0.15) is 0 Å². The second kappa shape index (κ2) is 6.59. The second-order valence-electron chi connectivity index (χ2n) is 4.88. The highest BCUT2D eigenvalue weighted by Gasteiger charge is 2.32. The van der Waals surface area contributed by atoms with Crippen LogP contribution in [-0.4, -0.2) is 43.8 Å². The molecule has 17 heavy (non-hydrogen) atoms. The van der Waals surface area contributed by atoms with E-state index in [1.54, 1.807) is 6.92 Å². The molecule has 0 bridgehead atoms. The molecule has 0 radical (unpaired) electrons. The van der Waals surface area contributed by atoms with E-state index >= 15 is 0 Å². The maximum absolute atomic E-state index is 12.4. The van der Waals surface area contributed by atoms with Crippen molar-refractivity contribution in [1.82, 2.24) is 10.2 Å². The van der Waals surface area contributed by atoms with Crippen molar-refractivity contribution in [3.05, 3.63) is 0 Å². The van der Waals surface area contributed by atoms with Crippen LogP contribution in [0, 0.1) is 5.92 Å². The van der Waals surface area contributed by atoms with Crippen molar-refractivity contribution in [2.24, 2.45) is 5.92 Å². The maximum atomic E-state index is 12.4. The fourth-order valence-electron chi connectivity index (χ4n) is 2.70. The molecular formula is C12H23F3N2. The Labute approximate surface area is 102 Å². The van der Waals surface area contributed by atoms with Gasteiger partial charge in [0.2, 0.25) is 0 Å². The highest BCUT2D eigenvalue weighted by molar-refractivity contribution is 4.82. The zero-order valence-corrected chi connectivity index (χ0v) is 10.7. The van der Waals surface area contributed by atoms with Gasteiger partial charge in [0.25, 0.3) is 0 Å². The largest absolute Gasteiger partial charge is 0.401 e. The van der Waals surface area contributed by atoms with Gasteiger partial charge in [-0.1, -0.05) is 19.8 Å². The van der Waals surface area contributed by atoms with E-state index in [1.165, 1.54) is 11.3 Å². The molecule has 0 saturated heterocycles. The fraction of sp³-hybridized carbons (Fsp3) is 1.00. The summed E-state index contributed by atoms with van der Waals surface area (Å²) >= 11 is 0.